The summed E-state index contributed by atoms with van der Waals surface area (Å²) in [6, 6.07) is 3.89. The lowest BCUT2D eigenvalue weighted by Gasteiger charge is -2.04. The molecule has 4 heteroatoms. The molecule has 0 radical (unpaired) electrons. The third-order valence-electron chi connectivity index (χ3n) is 3.24. The number of ether oxygens (including phenoxy) is 1. The molecule has 1 aromatic heterocycles. The average Bonchev–Trinajstić information content (AvgIpc) is 2.77. The van der Waals surface area contributed by atoms with Gasteiger partial charge in [0.25, 0.3) is 0 Å². The van der Waals surface area contributed by atoms with E-state index in [1.165, 1.54) is 0 Å². The van der Waals surface area contributed by atoms with Crippen LogP contribution in [0, 0.1) is 0 Å². The maximum atomic E-state index is 11.3. The number of fused-ring (bicyclic) bond motifs is 1. The van der Waals surface area contributed by atoms with Crippen LogP contribution in [-0.4, -0.2) is 18.2 Å². The number of carboxylic acids is 1. The number of carboxylic acid groups (broad SMARTS) is 1. The van der Waals surface area contributed by atoms with E-state index in [4.69, 9.17) is 9.15 Å². The zero-order valence-corrected chi connectivity index (χ0v) is 11.4. The minimum absolute atomic E-state index is 0.0309. The van der Waals surface area contributed by atoms with Crippen molar-refractivity contribution >= 4 is 16.9 Å². The molecule has 2 aromatic rings. The maximum Gasteiger partial charge on any atom is 0.372 e. The quantitative estimate of drug-likeness (QED) is 0.893. The lowest BCUT2D eigenvalue weighted by Crippen LogP contribution is -1.98. The number of carbonyl (C=O) groups is 1. The van der Waals surface area contributed by atoms with Gasteiger partial charge in [-0.25, -0.2) is 4.79 Å². The first-order valence-electron chi connectivity index (χ1n) is 6.47. The molecule has 102 valence electrons. The second-order valence-electron chi connectivity index (χ2n) is 4.49. The second kappa shape index (κ2) is 5.34. The summed E-state index contributed by atoms with van der Waals surface area (Å²) < 4.78 is 10.8. The highest BCUT2D eigenvalue weighted by Gasteiger charge is 2.22. The Bertz CT molecular complexity index is 610. The van der Waals surface area contributed by atoms with Crippen LogP contribution in [0.15, 0.2) is 16.5 Å². The van der Waals surface area contributed by atoms with Crippen LogP contribution in [0.1, 0.15) is 41.9 Å². The van der Waals surface area contributed by atoms with E-state index in [9.17, 15) is 9.90 Å². The molecule has 1 heterocycles. The maximum absolute atomic E-state index is 11.3. The number of rotatable bonds is 5. The van der Waals surface area contributed by atoms with Gasteiger partial charge in [0.2, 0.25) is 5.76 Å². The lowest BCUT2D eigenvalue weighted by atomic mass is 10.0. The number of methoxy groups -OCH3 is 1. The van der Waals surface area contributed by atoms with Gasteiger partial charge in [-0.2, -0.15) is 0 Å². The molecule has 0 saturated heterocycles. The van der Waals surface area contributed by atoms with Crippen molar-refractivity contribution in [1.82, 2.24) is 0 Å². The molecule has 0 atom stereocenters. The van der Waals surface area contributed by atoms with Gasteiger partial charge in [-0.3, -0.25) is 0 Å². The third-order valence-corrected chi connectivity index (χ3v) is 3.24. The molecule has 0 amide bonds. The third kappa shape index (κ3) is 2.30. The monoisotopic (exact) mass is 262 g/mol. The summed E-state index contributed by atoms with van der Waals surface area (Å²) in [6.07, 6.45) is 2.42. The van der Waals surface area contributed by atoms with Crippen molar-refractivity contribution in [1.29, 1.82) is 0 Å². The molecular weight excluding hydrogens is 244 g/mol. The van der Waals surface area contributed by atoms with Gasteiger partial charge in [-0.05, 0) is 30.5 Å². The first-order valence-corrected chi connectivity index (χ1v) is 6.47. The predicted molar refractivity (Wildman–Crippen MR) is 73.1 cm³/mol. The summed E-state index contributed by atoms with van der Waals surface area (Å²) in [6.45, 7) is 4.07. The van der Waals surface area contributed by atoms with Gasteiger partial charge in [0.15, 0.2) is 11.3 Å². The first-order chi connectivity index (χ1) is 9.12. The molecular formula is C15H18O4. The molecule has 0 fully saturated rings. The van der Waals surface area contributed by atoms with E-state index in [0.717, 1.165) is 29.4 Å². The van der Waals surface area contributed by atoms with E-state index in [0.29, 0.717) is 17.8 Å². The Morgan fingerprint density at radius 3 is 2.63 bits per heavy atom. The molecule has 1 N–H and O–H groups in total. The highest BCUT2D eigenvalue weighted by Crippen LogP contribution is 2.35. The van der Waals surface area contributed by atoms with Crippen LogP contribution in [0.4, 0.5) is 0 Å². The fraction of sp³-hybridized carbons (Fsp3) is 0.400. The van der Waals surface area contributed by atoms with Crippen molar-refractivity contribution in [3.63, 3.8) is 0 Å². The van der Waals surface area contributed by atoms with Crippen LogP contribution >= 0.6 is 0 Å². The summed E-state index contributed by atoms with van der Waals surface area (Å²) in [5.41, 5.74) is 2.40. The van der Waals surface area contributed by atoms with E-state index in [2.05, 4.69) is 6.92 Å². The minimum atomic E-state index is -1.03. The van der Waals surface area contributed by atoms with E-state index < -0.39 is 5.97 Å². The second-order valence-corrected chi connectivity index (χ2v) is 4.49. The van der Waals surface area contributed by atoms with Crippen molar-refractivity contribution in [2.75, 3.05) is 7.11 Å². The van der Waals surface area contributed by atoms with Crippen molar-refractivity contribution in [3.05, 3.63) is 29.0 Å². The van der Waals surface area contributed by atoms with Gasteiger partial charge >= 0.3 is 5.97 Å². The average molecular weight is 262 g/mol. The largest absolute Gasteiger partial charge is 0.493 e. The van der Waals surface area contributed by atoms with Crippen molar-refractivity contribution in [2.24, 2.45) is 0 Å². The SMILES string of the molecule is CCCc1c(C(=O)O)oc2c(OC)cc(CC)cc12. The topological polar surface area (TPSA) is 59.7 Å². The van der Waals surface area contributed by atoms with Crippen LogP contribution < -0.4 is 4.74 Å². The van der Waals surface area contributed by atoms with Crippen molar-refractivity contribution in [2.45, 2.75) is 33.1 Å². The predicted octanol–water partition coefficient (Wildman–Crippen LogP) is 3.65. The van der Waals surface area contributed by atoms with Gasteiger partial charge in [-0.1, -0.05) is 20.3 Å². The Morgan fingerprint density at radius 2 is 2.11 bits per heavy atom. The molecule has 0 aliphatic carbocycles. The summed E-state index contributed by atoms with van der Waals surface area (Å²) in [5, 5.41) is 10.1. The van der Waals surface area contributed by atoms with Crippen LogP contribution in [-0.2, 0) is 12.8 Å². The van der Waals surface area contributed by atoms with Crippen LogP contribution in [0.2, 0.25) is 0 Å². The summed E-state index contributed by atoms with van der Waals surface area (Å²) in [4.78, 5) is 11.3. The minimum Gasteiger partial charge on any atom is -0.493 e. The molecule has 0 unspecified atom stereocenters. The zero-order valence-electron chi connectivity index (χ0n) is 11.4. The van der Waals surface area contributed by atoms with Crippen molar-refractivity contribution in [3.8, 4) is 5.75 Å². The number of benzene rings is 1. The van der Waals surface area contributed by atoms with E-state index in [1.807, 2.05) is 19.1 Å². The molecule has 2 rings (SSSR count). The number of hydrogen-bond acceptors (Lipinski definition) is 3. The molecule has 0 aliphatic heterocycles. The van der Waals surface area contributed by atoms with Gasteiger partial charge in [-0.15, -0.1) is 0 Å². The zero-order chi connectivity index (χ0) is 14.0. The van der Waals surface area contributed by atoms with E-state index in [1.54, 1.807) is 7.11 Å². The lowest BCUT2D eigenvalue weighted by molar-refractivity contribution is 0.0663. The van der Waals surface area contributed by atoms with Gasteiger partial charge in [0, 0.05) is 10.9 Å². The molecule has 0 spiro atoms. The molecule has 4 nitrogen and oxygen atoms in total. The highest BCUT2D eigenvalue weighted by atomic mass is 16.5. The number of aromatic carboxylic acids is 1. The van der Waals surface area contributed by atoms with Crippen LogP contribution in [0.3, 0.4) is 0 Å². The fourth-order valence-corrected chi connectivity index (χ4v) is 2.30. The Labute approximate surface area is 112 Å². The summed E-state index contributed by atoms with van der Waals surface area (Å²) in [7, 11) is 1.57. The Hall–Kier alpha value is -1.97. The Kier molecular flexibility index (Phi) is 3.79. The summed E-state index contributed by atoms with van der Waals surface area (Å²) in [5.74, 6) is -0.401. The smallest absolute Gasteiger partial charge is 0.372 e. The van der Waals surface area contributed by atoms with E-state index in [-0.39, 0.29) is 5.76 Å². The van der Waals surface area contributed by atoms with Crippen LogP contribution in [0.5, 0.6) is 5.75 Å². The number of aryl methyl sites for hydroxylation is 2. The standard InChI is InChI=1S/C15H18O4/c1-4-6-10-11-7-9(5-2)8-12(18-3)13(11)19-14(10)15(16)17/h7-8H,4-6H2,1-3H3,(H,16,17). The highest BCUT2D eigenvalue weighted by molar-refractivity contribution is 5.97. The van der Waals surface area contributed by atoms with E-state index >= 15 is 0 Å². The van der Waals surface area contributed by atoms with Crippen LogP contribution in [0.25, 0.3) is 11.0 Å². The Morgan fingerprint density at radius 1 is 1.37 bits per heavy atom. The molecule has 0 bridgehead atoms. The van der Waals surface area contributed by atoms with Gasteiger partial charge in [0.05, 0.1) is 7.11 Å². The number of hydrogen-bond donors (Lipinski definition) is 1. The molecule has 0 saturated carbocycles. The Balaban J connectivity index is 2.78. The van der Waals surface area contributed by atoms with Crippen molar-refractivity contribution < 1.29 is 19.1 Å². The normalized spacial score (nSPS) is 10.9. The molecule has 1 aromatic carbocycles. The number of furan rings is 1. The van der Waals surface area contributed by atoms with Gasteiger partial charge in [0.1, 0.15) is 0 Å². The van der Waals surface area contributed by atoms with Gasteiger partial charge < -0.3 is 14.3 Å². The fourth-order valence-electron chi connectivity index (χ4n) is 2.30. The summed E-state index contributed by atoms with van der Waals surface area (Å²) >= 11 is 0. The molecule has 0 aliphatic rings. The molecule has 19 heavy (non-hydrogen) atoms. The first kappa shape index (κ1) is 13.5.